The van der Waals surface area contributed by atoms with E-state index in [4.69, 9.17) is 0 Å². The van der Waals surface area contributed by atoms with Crippen molar-refractivity contribution in [1.82, 2.24) is 0 Å². The van der Waals surface area contributed by atoms with E-state index in [0.29, 0.717) is 0 Å². The number of thiol groups is 3. The molecule has 0 amide bonds. The predicted molar refractivity (Wildman–Crippen MR) is 52.9 cm³/mol. The van der Waals surface area contributed by atoms with Gasteiger partial charge in [-0.05, 0) is 24.6 Å². The summed E-state index contributed by atoms with van der Waals surface area (Å²) < 4.78 is 0. The quantitative estimate of drug-likeness (QED) is 0.512. The zero-order valence-corrected chi connectivity index (χ0v) is 8.18. The standard InChI is InChI=1S/C7H8S3/c1-4-2-5(8)3-6(9)7(4)10/h2-3,8-10H,1H3. The summed E-state index contributed by atoms with van der Waals surface area (Å²) in [5.74, 6) is 0. The summed E-state index contributed by atoms with van der Waals surface area (Å²) in [5, 5.41) is 0. The molecule has 0 fully saturated rings. The molecule has 54 valence electrons. The van der Waals surface area contributed by atoms with Crippen molar-refractivity contribution in [3.05, 3.63) is 17.7 Å². The Balaban J connectivity index is 3.31. The minimum Gasteiger partial charge on any atom is -0.143 e. The van der Waals surface area contributed by atoms with Crippen LogP contribution in [0.1, 0.15) is 5.56 Å². The highest BCUT2D eigenvalue weighted by atomic mass is 32.1. The van der Waals surface area contributed by atoms with Crippen LogP contribution in [0.5, 0.6) is 0 Å². The van der Waals surface area contributed by atoms with Crippen LogP contribution >= 0.6 is 37.9 Å². The lowest BCUT2D eigenvalue weighted by molar-refractivity contribution is 1.13. The number of aryl methyl sites for hydroxylation is 1. The minimum absolute atomic E-state index is 0.883. The van der Waals surface area contributed by atoms with Gasteiger partial charge in [0.25, 0.3) is 0 Å². The molecule has 0 aliphatic heterocycles. The fourth-order valence-corrected chi connectivity index (χ4v) is 1.61. The maximum atomic E-state index is 4.25. The first-order valence-corrected chi connectivity index (χ1v) is 4.17. The monoisotopic (exact) mass is 188 g/mol. The van der Waals surface area contributed by atoms with E-state index in [1.54, 1.807) is 0 Å². The molecule has 1 aromatic rings. The van der Waals surface area contributed by atoms with Gasteiger partial charge in [0.15, 0.2) is 0 Å². The molecule has 0 saturated heterocycles. The summed E-state index contributed by atoms with van der Waals surface area (Å²) in [5.41, 5.74) is 1.11. The number of rotatable bonds is 0. The van der Waals surface area contributed by atoms with Crippen LogP contribution in [0.15, 0.2) is 26.8 Å². The van der Waals surface area contributed by atoms with Crippen molar-refractivity contribution < 1.29 is 0 Å². The molecular weight excluding hydrogens is 180 g/mol. The molecule has 0 nitrogen and oxygen atoms in total. The summed E-state index contributed by atoms with van der Waals surface area (Å²) >= 11 is 12.6. The summed E-state index contributed by atoms with van der Waals surface area (Å²) in [4.78, 5) is 2.75. The molecule has 1 aromatic carbocycles. The van der Waals surface area contributed by atoms with Crippen molar-refractivity contribution in [2.45, 2.75) is 21.6 Å². The third-order valence-electron chi connectivity index (χ3n) is 1.27. The minimum atomic E-state index is 0.883. The normalized spacial score (nSPS) is 10.0. The third kappa shape index (κ3) is 1.65. The molecule has 0 aromatic heterocycles. The SMILES string of the molecule is Cc1cc(S)cc(S)c1S. The van der Waals surface area contributed by atoms with Crippen molar-refractivity contribution in [2.24, 2.45) is 0 Å². The lowest BCUT2D eigenvalue weighted by atomic mass is 10.2. The van der Waals surface area contributed by atoms with Gasteiger partial charge >= 0.3 is 0 Å². The molecule has 0 unspecified atom stereocenters. The Hall–Kier alpha value is 0.270. The van der Waals surface area contributed by atoms with Gasteiger partial charge in [-0.25, -0.2) is 0 Å². The molecule has 0 aliphatic carbocycles. The Morgan fingerprint density at radius 1 is 1.10 bits per heavy atom. The summed E-state index contributed by atoms with van der Waals surface area (Å²) in [6, 6.07) is 3.84. The number of hydrogen-bond donors (Lipinski definition) is 3. The van der Waals surface area contributed by atoms with Crippen molar-refractivity contribution >= 4 is 37.9 Å². The van der Waals surface area contributed by atoms with Crippen molar-refractivity contribution in [3.8, 4) is 0 Å². The van der Waals surface area contributed by atoms with Crippen LogP contribution in [0.4, 0.5) is 0 Å². The largest absolute Gasteiger partial charge is 0.143 e. The van der Waals surface area contributed by atoms with Gasteiger partial charge in [0.2, 0.25) is 0 Å². The van der Waals surface area contributed by atoms with Crippen molar-refractivity contribution in [2.75, 3.05) is 0 Å². The summed E-state index contributed by atoms with van der Waals surface area (Å²) in [6.07, 6.45) is 0. The molecule has 0 radical (unpaired) electrons. The first kappa shape index (κ1) is 8.37. The van der Waals surface area contributed by atoms with Gasteiger partial charge < -0.3 is 0 Å². The molecule has 0 spiro atoms. The van der Waals surface area contributed by atoms with Gasteiger partial charge in [-0.1, -0.05) is 0 Å². The molecule has 3 heteroatoms. The van der Waals surface area contributed by atoms with E-state index in [2.05, 4.69) is 37.9 Å². The lowest BCUT2D eigenvalue weighted by Crippen LogP contribution is -1.78. The Kier molecular flexibility index (Phi) is 2.61. The third-order valence-corrected chi connectivity index (χ3v) is 2.65. The van der Waals surface area contributed by atoms with E-state index < -0.39 is 0 Å². The predicted octanol–water partition coefficient (Wildman–Crippen LogP) is 2.86. The highest BCUT2D eigenvalue weighted by Gasteiger charge is 1.98. The van der Waals surface area contributed by atoms with Crippen LogP contribution in [0.2, 0.25) is 0 Å². The lowest BCUT2D eigenvalue weighted by Gasteiger charge is -2.02. The first-order valence-electron chi connectivity index (χ1n) is 2.83. The average Bonchev–Trinajstić information content (AvgIpc) is 1.82. The summed E-state index contributed by atoms with van der Waals surface area (Å²) in [6.45, 7) is 1.99. The van der Waals surface area contributed by atoms with Crippen LogP contribution in [0.25, 0.3) is 0 Å². The van der Waals surface area contributed by atoms with Gasteiger partial charge in [-0.3, -0.25) is 0 Å². The van der Waals surface area contributed by atoms with Crippen molar-refractivity contribution in [1.29, 1.82) is 0 Å². The van der Waals surface area contributed by atoms with Gasteiger partial charge in [0, 0.05) is 14.7 Å². The maximum absolute atomic E-state index is 4.25. The Bertz CT molecular complexity index is 232. The van der Waals surface area contributed by atoms with E-state index in [1.165, 1.54) is 0 Å². The number of benzene rings is 1. The molecular formula is C7H8S3. The van der Waals surface area contributed by atoms with E-state index >= 15 is 0 Å². The summed E-state index contributed by atoms with van der Waals surface area (Å²) in [7, 11) is 0. The van der Waals surface area contributed by atoms with Crippen LogP contribution in [0, 0.1) is 6.92 Å². The molecule has 0 aliphatic rings. The van der Waals surface area contributed by atoms with Crippen molar-refractivity contribution in [3.63, 3.8) is 0 Å². The fourth-order valence-electron chi connectivity index (χ4n) is 0.742. The Morgan fingerprint density at radius 3 is 2.20 bits per heavy atom. The maximum Gasteiger partial charge on any atom is 0.0204 e. The van der Waals surface area contributed by atoms with Gasteiger partial charge in [0.05, 0.1) is 0 Å². The smallest absolute Gasteiger partial charge is 0.0204 e. The van der Waals surface area contributed by atoms with Crippen LogP contribution in [-0.2, 0) is 0 Å². The molecule has 0 saturated carbocycles. The van der Waals surface area contributed by atoms with E-state index in [1.807, 2.05) is 19.1 Å². The molecule has 1 rings (SSSR count). The second-order valence-electron chi connectivity index (χ2n) is 2.13. The Labute approximate surface area is 77.3 Å². The topological polar surface area (TPSA) is 0 Å². The van der Waals surface area contributed by atoms with Crippen LogP contribution in [-0.4, -0.2) is 0 Å². The second-order valence-corrected chi connectivity index (χ2v) is 3.58. The van der Waals surface area contributed by atoms with Crippen LogP contribution in [0.3, 0.4) is 0 Å². The Morgan fingerprint density at radius 2 is 1.70 bits per heavy atom. The van der Waals surface area contributed by atoms with E-state index in [-0.39, 0.29) is 0 Å². The van der Waals surface area contributed by atoms with E-state index in [0.717, 1.165) is 20.2 Å². The molecule has 0 bridgehead atoms. The van der Waals surface area contributed by atoms with Gasteiger partial charge in [-0.2, -0.15) is 0 Å². The first-order chi connectivity index (χ1) is 4.61. The molecule has 0 heterocycles. The molecule has 10 heavy (non-hydrogen) atoms. The number of hydrogen-bond acceptors (Lipinski definition) is 3. The molecule has 0 atom stereocenters. The highest BCUT2D eigenvalue weighted by Crippen LogP contribution is 2.25. The highest BCUT2D eigenvalue weighted by molar-refractivity contribution is 7.83. The van der Waals surface area contributed by atoms with Gasteiger partial charge in [0.1, 0.15) is 0 Å². The van der Waals surface area contributed by atoms with Crippen LogP contribution < -0.4 is 0 Å². The average molecular weight is 188 g/mol. The van der Waals surface area contributed by atoms with E-state index in [9.17, 15) is 0 Å². The molecule has 0 N–H and O–H groups in total. The fraction of sp³-hybridized carbons (Fsp3) is 0.143. The van der Waals surface area contributed by atoms with Gasteiger partial charge in [-0.15, -0.1) is 37.9 Å². The second kappa shape index (κ2) is 3.11. The zero-order chi connectivity index (χ0) is 7.72. The zero-order valence-electron chi connectivity index (χ0n) is 5.50.